The van der Waals surface area contributed by atoms with Crippen LogP contribution in [0.4, 0.5) is 0 Å². The molecule has 0 saturated carbocycles. The molecule has 2 N–H and O–H groups in total. The van der Waals surface area contributed by atoms with Crippen LogP contribution >= 0.6 is 15.9 Å². The van der Waals surface area contributed by atoms with Crippen molar-refractivity contribution in [2.45, 2.75) is 19.8 Å². The first-order valence-corrected chi connectivity index (χ1v) is 11.2. The van der Waals surface area contributed by atoms with Gasteiger partial charge in [0.25, 0.3) is 11.8 Å². The summed E-state index contributed by atoms with van der Waals surface area (Å²) >= 11 is 3.44. The third-order valence-corrected chi connectivity index (χ3v) is 5.19. The molecule has 0 atom stereocenters. The van der Waals surface area contributed by atoms with E-state index >= 15 is 0 Å². The fourth-order valence-electron chi connectivity index (χ4n) is 2.93. The zero-order valence-electron chi connectivity index (χ0n) is 17.8. The van der Waals surface area contributed by atoms with Gasteiger partial charge in [0.1, 0.15) is 11.5 Å². The third-order valence-electron chi connectivity index (χ3n) is 4.57. The highest BCUT2D eigenvalue weighted by molar-refractivity contribution is 9.10. The number of para-hydroxylation sites is 1. The standard InChI is InChI=1S/C25H25BrN2O4/c1-2-15-31-22-11-7-6-10-20(22)25(30)28-27-24(29)19-12-13-23(21(26)17-19)32-16-14-18-8-4-3-5-9-18/h3-13,17H,2,14-16H2,1H3,(H,27,29)(H,28,30). The average Bonchev–Trinajstić information content (AvgIpc) is 2.82. The number of hydrogen-bond donors (Lipinski definition) is 2. The Kier molecular flexibility index (Phi) is 8.69. The summed E-state index contributed by atoms with van der Waals surface area (Å²) in [4.78, 5) is 25.0. The Morgan fingerprint density at radius 1 is 0.812 bits per heavy atom. The lowest BCUT2D eigenvalue weighted by molar-refractivity contribution is 0.0844. The lowest BCUT2D eigenvalue weighted by Gasteiger charge is -2.12. The first kappa shape index (κ1) is 23.3. The van der Waals surface area contributed by atoms with Crippen molar-refractivity contribution in [2.75, 3.05) is 13.2 Å². The van der Waals surface area contributed by atoms with Gasteiger partial charge in [0.15, 0.2) is 0 Å². The number of carbonyl (C=O) groups excluding carboxylic acids is 2. The Morgan fingerprint density at radius 2 is 1.50 bits per heavy atom. The molecule has 7 heteroatoms. The van der Waals surface area contributed by atoms with Crippen molar-refractivity contribution in [1.29, 1.82) is 0 Å². The SMILES string of the molecule is CCCOc1ccccc1C(=O)NNC(=O)c1ccc(OCCc2ccccc2)c(Br)c1. The second kappa shape index (κ2) is 11.9. The van der Waals surface area contributed by atoms with Crippen molar-refractivity contribution in [3.63, 3.8) is 0 Å². The van der Waals surface area contributed by atoms with Crippen LogP contribution < -0.4 is 20.3 Å². The number of hydrazine groups is 1. The monoisotopic (exact) mass is 496 g/mol. The van der Waals surface area contributed by atoms with Gasteiger partial charge in [-0.25, -0.2) is 0 Å². The molecule has 0 bridgehead atoms. The van der Waals surface area contributed by atoms with Crippen molar-refractivity contribution in [3.05, 3.63) is 94.0 Å². The van der Waals surface area contributed by atoms with Gasteiger partial charge in [0.2, 0.25) is 0 Å². The molecule has 0 aliphatic heterocycles. The molecule has 0 heterocycles. The predicted octanol–water partition coefficient (Wildman–Crippen LogP) is 4.93. The molecule has 2 amide bonds. The molecule has 0 fully saturated rings. The van der Waals surface area contributed by atoms with Crippen LogP contribution in [0.2, 0.25) is 0 Å². The van der Waals surface area contributed by atoms with Gasteiger partial charge in [-0.15, -0.1) is 0 Å². The zero-order chi connectivity index (χ0) is 22.8. The highest BCUT2D eigenvalue weighted by Gasteiger charge is 2.14. The topological polar surface area (TPSA) is 76.7 Å². The average molecular weight is 497 g/mol. The lowest BCUT2D eigenvalue weighted by atomic mass is 10.2. The summed E-state index contributed by atoms with van der Waals surface area (Å²) in [6.45, 7) is 3.01. The van der Waals surface area contributed by atoms with Gasteiger partial charge in [-0.2, -0.15) is 0 Å². The first-order chi connectivity index (χ1) is 15.6. The fourth-order valence-corrected chi connectivity index (χ4v) is 3.42. The van der Waals surface area contributed by atoms with Crippen LogP contribution in [-0.4, -0.2) is 25.0 Å². The second-order valence-electron chi connectivity index (χ2n) is 6.98. The van der Waals surface area contributed by atoms with E-state index in [4.69, 9.17) is 9.47 Å². The number of rotatable bonds is 9. The van der Waals surface area contributed by atoms with E-state index in [9.17, 15) is 9.59 Å². The molecule has 0 aliphatic rings. The first-order valence-electron chi connectivity index (χ1n) is 10.4. The van der Waals surface area contributed by atoms with Gasteiger partial charge in [-0.1, -0.05) is 49.4 Å². The Labute approximate surface area is 196 Å². The molecule has 0 aromatic heterocycles. The van der Waals surface area contributed by atoms with Crippen LogP contribution in [0.15, 0.2) is 77.3 Å². The smallest absolute Gasteiger partial charge is 0.273 e. The Balaban J connectivity index is 1.54. The number of nitrogens with one attached hydrogen (secondary N) is 2. The number of halogens is 1. The quantitative estimate of drug-likeness (QED) is 0.411. The van der Waals surface area contributed by atoms with E-state index in [1.807, 2.05) is 25.1 Å². The van der Waals surface area contributed by atoms with Crippen molar-refractivity contribution < 1.29 is 19.1 Å². The van der Waals surface area contributed by atoms with Crippen molar-refractivity contribution in [2.24, 2.45) is 0 Å². The number of carbonyl (C=O) groups is 2. The lowest BCUT2D eigenvalue weighted by Crippen LogP contribution is -2.41. The summed E-state index contributed by atoms with van der Waals surface area (Å²) in [6, 6.07) is 22.0. The molecule has 166 valence electrons. The molecule has 3 aromatic carbocycles. The normalized spacial score (nSPS) is 10.3. The van der Waals surface area contributed by atoms with Crippen molar-refractivity contribution in [3.8, 4) is 11.5 Å². The Bertz CT molecular complexity index is 1060. The van der Waals surface area contributed by atoms with E-state index in [2.05, 4.69) is 38.9 Å². The van der Waals surface area contributed by atoms with Crippen molar-refractivity contribution in [1.82, 2.24) is 10.9 Å². The number of hydrogen-bond acceptors (Lipinski definition) is 4. The molecule has 3 rings (SSSR count). The Morgan fingerprint density at radius 3 is 2.25 bits per heavy atom. The van der Waals surface area contributed by atoms with E-state index in [1.54, 1.807) is 42.5 Å². The minimum Gasteiger partial charge on any atom is -0.493 e. The van der Waals surface area contributed by atoms with E-state index in [0.29, 0.717) is 40.3 Å². The molecule has 6 nitrogen and oxygen atoms in total. The van der Waals surface area contributed by atoms with E-state index in [0.717, 1.165) is 12.8 Å². The molecule has 0 radical (unpaired) electrons. The Hall–Kier alpha value is -3.32. The van der Waals surface area contributed by atoms with E-state index in [1.165, 1.54) is 5.56 Å². The summed E-state index contributed by atoms with van der Waals surface area (Å²) in [5.41, 5.74) is 6.79. The summed E-state index contributed by atoms with van der Waals surface area (Å²) in [7, 11) is 0. The van der Waals surface area contributed by atoms with Crippen LogP contribution in [0.3, 0.4) is 0 Å². The fraction of sp³-hybridized carbons (Fsp3) is 0.200. The zero-order valence-corrected chi connectivity index (χ0v) is 19.4. The van der Waals surface area contributed by atoms with Crippen LogP contribution in [-0.2, 0) is 6.42 Å². The third kappa shape index (κ3) is 6.59. The highest BCUT2D eigenvalue weighted by Crippen LogP contribution is 2.26. The minimum absolute atomic E-state index is 0.351. The highest BCUT2D eigenvalue weighted by atomic mass is 79.9. The van der Waals surface area contributed by atoms with Crippen LogP contribution in [0, 0.1) is 0 Å². The second-order valence-corrected chi connectivity index (χ2v) is 7.84. The maximum absolute atomic E-state index is 12.5. The molecular weight excluding hydrogens is 472 g/mol. The number of ether oxygens (including phenoxy) is 2. The molecule has 0 spiro atoms. The molecular formula is C25H25BrN2O4. The maximum atomic E-state index is 12.5. The number of benzene rings is 3. The van der Waals surface area contributed by atoms with Crippen LogP contribution in [0.1, 0.15) is 39.6 Å². The minimum atomic E-state index is -0.454. The molecule has 0 aliphatic carbocycles. The molecule has 0 unspecified atom stereocenters. The summed E-state index contributed by atoms with van der Waals surface area (Å²) < 4.78 is 12.1. The van der Waals surface area contributed by atoms with Gasteiger partial charge < -0.3 is 9.47 Å². The predicted molar refractivity (Wildman–Crippen MR) is 127 cm³/mol. The summed E-state index contributed by atoms with van der Waals surface area (Å²) in [5.74, 6) is 0.219. The summed E-state index contributed by atoms with van der Waals surface area (Å²) in [6.07, 6.45) is 1.61. The van der Waals surface area contributed by atoms with E-state index < -0.39 is 11.8 Å². The van der Waals surface area contributed by atoms with Gasteiger partial charge in [-0.3, -0.25) is 20.4 Å². The largest absolute Gasteiger partial charge is 0.493 e. The van der Waals surface area contributed by atoms with Gasteiger partial charge >= 0.3 is 0 Å². The number of amides is 2. The van der Waals surface area contributed by atoms with Gasteiger partial charge in [-0.05, 0) is 58.2 Å². The summed E-state index contributed by atoms with van der Waals surface area (Å²) in [5, 5.41) is 0. The van der Waals surface area contributed by atoms with E-state index in [-0.39, 0.29) is 0 Å². The van der Waals surface area contributed by atoms with Gasteiger partial charge in [0, 0.05) is 12.0 Å². The van der Waals surface area contributed by atoms with Crippen LogP contribution in [0.5, 0.6) is 11.5 Å². The molecule has 0 saturated heterocycles. The van der Waals surface area contributed by atoms with Crippen molar-refractivity contribution >= 4 is 27.7 Å². The molecule has 32 heavy (non-hydrogen) atoms. The van der Waals surface area contributed by atoms with Gasteiger partial charge in [0.05, 0.1) is 23.2 Å². The maximum Gasteiger partial charge on any atom is 0.273 e. The van der Waals surface area contributed by atoms with Crippen LogP contribution in [0.25, 0.3) is 0 Å². The molecule has 3 aromatic rings.